The van der Waals surface area contributed by atoms with Crippen molar-refractivity contribution >= 4 is 0 Å². The third kappa shape index (κ3) is 4.63. The Morgan fingerprint density at radius 3 is 2.54 bits per heavy atom. The van der Waals surface area contributed by atoms with Gasteiger partial charge in [0.2, 0.25) is 0 Å². The van der Waals surface area contributed by atoms with Crippen molar-refractivity contribution < 1.29 is 4.74 Å². The molecular formula is C11H23NO. The first kappa shape index (κ1) is 11.0. The van der Waals surface area contributed by atoms with Gasteiger partial charge in [0.1, 0.15) is 0 Å². The normalized spacial score (nSPS) is 20.3. The van der Waals surface area contributed by atoms with Gasteiger partial charge in [-0.3, -0.25) is 0 Å². The summed E-state index contributed by atoms with van der Waals surface area (Å²) >= 11 is 0. The van der Waals surface area contributed by atoms with Crippen LogP contribution in [0, 0.1) is 5.92 Å². The largest absolute Gasteiger partial charge is 0.379 e. The summed E-state index contributed by atoms with van der Waals surface area (Å²) in [7, 11) is 1.77. The average Bonchev–Trinajstić information content (AvgIpc) is 2.85. The summed E-state index contributed by atoms with van der Waals surface area (Å²) in [6, 6.07) is 0.391. The minimum atomic E-state index is 0.00116. The molecule has 1 fully saturated rings. The zero-order valence-electron chi connectivity index (χ0n) is 9.18. The maximum Gasteiger partial charge on any atom is 0.0623 e. The molecule has 2 nitrogen and oxygen atoms in total. The van der Waals surface area contributed by atoms with Crippen LogP contribution in [0.5, 0.6) is 0 Å². The molecule has 78 valence electrons. The van der Waals surface area contributed by atoms with Crippen LogP contribution < -0.4 is 5.73 Å². The van der Waals surface area contributed by atoms with Crippen LogP contribution in [0.25, 0.3) is 0 Å². The van der Waals surface area contributed by atoms with Crippen LogP contribution in [0.3, 0.4) is 0 Å². The molecule has 1 aliphatic rings. The maximum atomic E-state index is 6.02. The van der Waals surface area contributed by atoms with Crippen molar-refractivity contribution in [2.45, 2.75) is 57.6 Å². The van der Waals surface area contributed by atoms with E-state index in [4.69, 9.17) is 10.5 Å². The van der Waals surface area contributed by atoms with Crippen molar-refractivity contribution in [2.75, 3.05) is 7.11 Å². The van der Waals surface area contributed by atoms with Crippen LogP contribution >= 0.6 is 0 Å². The van der Waals surface area contributed by atoms with E-state index in [-0.39, 0.29) is 5.60 Å². The molecule has 0 bridgehead atoms. The van der Waals surface area contributed by atoms with Crippen molar-refractivity contribution in [3.8, 4) is 0 Å². The lowest BCUT2D eigenvalue weighted by Gasteiger charge is -2.24. The second kappa shape index (κ2) is 4.43. The minimum absolute atomic E-state index is 0.00116. The molecule has 0 amide bonds. The Hall–Kier alpha value is -0.0800. The van der Waals surface area contributed by atoms with Gasteiger partial charge in [-0.05, 0) is 39.0 Å². The summed E-state index contributed by atoms with van der Waals surface area (Å²) in [5.41, 5.74) is 6.02. The summed E-state index contributed by atoms with van der Waals surface area (Å²) in [5, 5.41) is 0. The number of methoxy groups -OCH3 is 1. The predicted molar refractivity (Wildman–Crippen MR) is 55.6 cm³/mol. The third-order valence-electron chi connectivity index (χ3n) is 3.00. The van der Waals surface area contributed by atoms with Crippen molar-refractivity contribution in [2.24, 2.45) is 11.7 Å². The average molecular weight is 185 g/mol. The van der Waals surface area contributed by atoms with Crippen LogP contribution in [-0.2, 0) is 4.74 Å². The number of rotatable bonds is 6. The first-order valence-electron chi connectivity index (χ1n) is 5.34. The molecule has 0 spiro atoms. The van der Waals surface area contributed by atoms with Gasteiger partial charge in [-0.25, -0.2) is 0 Å². The van der Waals surface area contributed by atoms with E-state index in [0.717, 1.165) is 18.8 Å². The highest BCUT2D eigenvalue weighted by molar-refractivity contribution is 4.80. The standard InChI is InChI=1S/C11H23NO/c1-11(2,13-3)7-6-10(12)8-9-4-5-9/h9-10H,4-8,12H2,1-3H3. The molecular weight excluding hydrogens is 162 g/mol. The van der Waals surface area contributed by atoms with Gasteiger partial charge in [0, 0.05) is 13.2 Å². The van der Waals surface area contributed by atoms with Gasteiger partial charge < -0.3 is 10.5 Å². The second-order valence-corrected chi connectivity index (χ2v) is 4.94. The molecule has 0 aromatic carbocycles. The molecule has 0 aliphatic heterocycles. The third-order valence-corrected chi connectivity index (χ3v) is 3.00. The molecule has 1 aliphatic carbocycles. The van der Waals surface area contributed by atoms with Crippen molar-refractivity contribution in [1.82, 2.24) is 0 Å². The van der Waals surface area contributed by atoms with E-state index in [1.807, 2.05) is 0 Å². The van der Waals surface area contributed by atoms with E-state index in [1.54, 1.807) is 7.11 Å². The molecule has 0 radical (unpaired) electrons. The summed E-state index contributed by atoms with van der Waals surface area (Å²) in [6.45, 7) is 4.24. The number of ether oxygens (including phenoxy) is 1. The van der Waals surface area contributed by atoms with Gasteiger partial charge in [-0.15, -0.1) is 0 Å². The highest BCUT2D eigenvalue weighted by Crippen LogP contribution is 2.34. The Bertz CT molecular complexity index is 152. The van der Waals surface area contributed by atoms with Crippen LogP contribution in [0.2, 0.25) is 0 Å². The van der Waals surface area contributed by atoms with E-state index in [1.165, 1.54) is 19.3 Å². The zero-order valence-corrected chi connectivity index (χ0v) is 9.18. The smallest absolute Gasteiger partial charge is 0.0623 e. The van der Waals surface area contributed by atoms with E-state index in [9.17, 15) is 0 Å². The Labute approximate surface area is 81.8 Å². The molecule has 0 saturated heterocycles. The lowest BCUT2D eigenvalue weighted by molar-refractivity contribution is 0.0122. The van der Waals surface area contributed by atoms with Gasteiger partial charge >= 0.3 is 0 Å². The molecule has 1 saturated carbocycles. The van der Waals surface area contributed by atoms with Crippen molar-refractivity contribution in [3.05, 3.63) is 0 Å². The van der Waals surface area contributed by atoms with Crippen LogP contribution in [0.1, 0.15) is 46.0 Å². The van der Waals surface area contributed by atoms with Crippen LogP contribution in [0.15, 0.2) is 0 Å². The Morgan fingerprint density at radius 2 is 2.08 bits per heavy atom. The topological polar surface area (TPSA) is 35.2 Å². The lowest BCUT2D eigenvalue weighted by Crippen LogP contribution is -2.28. The molecule has 1 atom stereocenters. The molecule has 1 unspecified atom stereocenters. The van der Waals surface area contributed by atoms with E-state index < -0.39 is 0 Å². The van der Waals surface area contributed by atoms with E-state index in [2.05, 4.69) is 13.8 Å². The van der Waals surface area contributed by atoms with E-state index in [0.29, 0.717) is 6.04 Å². The van der Waals surface area contributed by atoms with Gasteiger partial charge in [0.25, 0.3) is 0 Å². The van der Waals surface area contributed by atoms with Gasteiger partial charge in [-0.1, -0.05) is 12.8 Å². The summed E-state index contributed by atoms with van der Waals surface area (Å²) < 4.78 is 5.35. The molecule has 2 N–H and O–H groups in total. The highest BCUT2D eigenvalue weighted by Gasteiger charge is 2.25. The number of hydrogen-bond acceptors (Lipinski definition) is 2. The van der Waals surface area contributed by atoms with Gasteiger partial charge in [0.15, 0.2) is 0 Å². The molecule has 0 aromatic rings. The van der Waals surface area contributed by atoms with Crippen LogP contribution in [0.4, 0.5) is 0 Å². The fraction of sp³-hybridized carbons (Fsp3) is 1.00. The SMILES string of the molecule is COC(C)(C)CCC(N)CC1CC1. The van der Waals surface area contributed by atoms with Crippen molar-refractivity contribution in [1.29, 1.82) is 0 Å². The monoisotopic (exact) mass is 185 g/mol. The lowest BCUT2D eigenvalue weighted by atomic mass is 9.97. The predicted octanol–water partition coefficient (Wildman–Crippen LogP) is 2.32. The quantitative estimate of drug-likeness (QED) is 0.689. The van der Waals surface area contributed by atoms with Gasteiger partial charge in [0.05, 0.1) is 5.60 Å². The number of hydrogen-bond donors (Lipinski definition) is 1. The Kier molecular flexibility index (Phi) is 3.74. The number of nitrogens with two attached hydrogens (primary N) is 1. The zero-order chi connectivity index (χ0) is 9.90. The van der Waals surface area contributed by atoms with Crippen molar-refractivity contribution in [3.63, 3.8) is 0 Å². The Balaban J connectivity index is 2.09. The summed E-state index contributed by atoms with van der Waals surface area (Å²) in [4.78, 5) is 0. The van der Waals surface area contributed by atoms with E-state index >= 15 is 0 Å². The molecule has 13 heavy (non-hydrogen) atoms. The molecule has 2 heteroatoms. The Morgan fingerprint density at radius 1 is 1.46 bits per heavy atom. The molecule has 0 heterocycles. The molecule has 1 rings (SSSR count). The first-order valence-corrected chi connectivity index (χ1v) is 5.34. The second-order valence-electron chi connectivity index (χ2n) is 4.94. The fourth-order valence-corrected chi connectivity index (χ4v) is 1.53. The molecule has 0 aromatic heterocycles. The van der Waals surface area contributed by atoms with Crippen LogP contribution in [-0.4, -0.2) is 18.8 Å². The fourth-order valence-electron chi connectivity index (χ4n) is 1.53. The van der Waals surface area contributed by atoms with Gasteiger partial charge in [-0.2, -0.15) is 0 Å². The minimum Gasteiger partial charge on any atom is -0.379 e. The maximum absolute atomic E-state index is 6.02. The summed E-state index contributed by atoms with van der Waals surface area (Å²) in [6.07, 6.45) is 6.19. The summed E-state index contributed by atoms with van der Waals surface area (Å²) in [5.74, 6) is 0.945. The first-order chi connectivity index (χ1) is 6.03. The highest BCUT2D eigenvalue weighted by atomic mass is 16.5.